The number of hydrogen-bond acceptors (Lipinski definition) is 3. The van der Waals surface area contributed by atoms with Gasteiger partial charge in [0.1, 0.15) is 5.52 Å². The van der Waals surface area contributed by atoms with Crippen LogP contribution in [0, 0.1) is 11.6 Å². The zero-order valence-electron chi connectivity index (χ0n) is 7.09. The fourth-order valence-electron chi connectivity index (χ4n) is 1.24. The number of nitrogens with two attached hydrogens (primary N) is 2. The van der Waals surface area contributed by atoms with E-state index in [4.69, 9.17) is 11.5 Å². The van der Waals surface area contributed by atoms with E-state index in [2.05, 4.69) is 4.98 Å². The van der Waals surface area contributed by atoms with E-state index in [9.17, 15) is 8.78 Å². The molecule has 5 heteroatoms. The van der Waals surface area contributed by atoms with Gasteiger partial charge in [0.2, 0.25) is 0 Å². The quantitative estimate of drug-likeness (QED) is 0.672. The van der Waals surface area contributed by atoms with Gasteiger partial charge in [0.15, 0.2) is 11.6 Å². The fraction of sp³-hybridized carbons (Fsp3) is 0. The standard InChI is InChI=1S/C9H7F2N3/c10-5-2-1-4-8(13)6(12)3-14-9(4)7(5)11/h1-3H,12H2,(H2,13,14). The summed E-state index contributed by atoms with van der Waals surface area (Å²) >= 11 is 0. The summed E-state index contributed by atoms with van der Waals surface area (Å²) in [6.45, 7) is 0. The zero-order valence-corrected chi connectivity index (χ0v) is 7.09. The van der Waals surface area contributed by atoms with Gasteiger partial charge in [-0.05, 0) is 12.1 Å². The van der Waals surface area contributed by atoms with E-state index in [1.54, 1.807) is 0 Å². The lowest BCUT2D eigenvalue weighted by Crippen LogP contribution is -1.99. The van der Waals surface area contributed by atoms with Gasteiger partial charge in [-0.1, -0.05) is 0 Å². The van der Waals surface area contributed by atoms with Crippen LogP contribution in [0.1, 0.15) is 0 Å². The molecule has 4 N–H and O–H groups in total. The third-order valence-electron chi connectivity index (χ3n) is 2.00. The highest BCUT2D eigenvalue weighted by Crippen LogP contribution is 2.27. The Kier molecular flexibility index (Phi) is 1.73. The molecule has 14 heavy (non-hydrogen) atoms. The van der Waals surface area contributed by atoms with Crippen LogP contribution < -0.4 is 11.5 Å². The first-order valence-corrected chi connectivity index (χ1v) is 3.89. The van der Waals surface area contributed by atoms with Crippen molar-refractivity contribution >= 4 is 22.3 Å². The van der Waals surface area contributed by atoms with Crippen LogP contribution in [0.3, 0.4) is 0 Å². The minimum atomic E-state index is -1.01. The predicted molar refractivity (Wildman–Crippen MR) is 50.5 cm³/mol. The molecular weight excluding hydrogens is 188 g/mol. The van der Waals surface area contributed by atoms with Gasteiger partial charge >= 0.3 is 0 Å². The van der Waals surface area contributed by atoms with Gasteiger partial charge in [-0.25, -0.2) is 8.78 Å². The second-order valence-electron chi connectivity index (χ2n) is 2.88. The average Bonchev–Trinajstić information content (AvgIpc) is 2.17. The second-order valence-corrected chi connectivity index (χ2v) is 2.88. The van der Waals surface area contributed by atoms with Gasteiger partial charge in [-0.15, -0.1) is 0 Å². The molecule has 0 aliphatic carbocycles. The molecule has 0 radical (unpaired) electrons. The lowest BCUT2D eigenvalue weighted by atomic mass is 10.1. The van der Waals surface area contributed by atoms with Gasteiger partial charge < -0.3 is 11.5 Å². The van der Waals surface area contributed by atoms with Crippen molar-refractivity contribution in [1.82, 2.24) is 4.98 Å². The van der Waals surface area contributed by atoms with Crippen LogP contribution in [-0.4, -0.2) is 4.98 Å². The Balaban J connectivity index is 2.94. The molecule has 72 valence electrons. The molecular formula is C9H7F2N3. The van der Waals surface area contributed by atoms with Gasteiger partial charge in [0.05, 0.1) is 17.6 Å². The van der Waals surface area contributed by atoms with Crippen LogP contribution in [0.2, 0.25) is 0 Å². The number of pyridine rings is 1. The Hall–Kier alpha value is -1.91. The van der Waals surface area contributed by atoms with Crippen molar-refractivity contribution in [3.63, 3.8) is 0 Å². The molecule has 0 unspecified atom stereocenters. The van der Waals surface area contributed by atoms with E-state index in [1.807, 2.05) is 0 Å². The third kappa shape index (κ3) is 1.06. The molecule has 1 aromatic heterocycles. The predicted octanol–water partition coefficient (Wildman–Crippen LogP) is 1.68. The smallest absolute Gasteiger partial charge is 0.185 e. The van der Waals surface area contributed by atoms with Crippen molar-refractivity contribution in [3.8, 4) is 0 Å². The van der Waals surface area contributed by atoms with Crippen LogP contribution >= 0.6 is 0 Å². The van der Waals surface area contributed by atoms with Crippen molar-refractivity contribution in [2.45, 2.75) is 0 Å². The number of hydrogen-bond donors (Lipinski definition) is 2. The van der Waals surface area contributed by atoms with Crippen molar-refractivity contribution < 1.29 is 8.78 Å². The molecule has 0 atom stereocenters. The van der Waals surface area contributed by atoms with Crippen LogP contribution in [-0.2, 0) is 0 Å². The largest absolute Gasteiger partial charge is 0.396 e. The highest BCUT2D eigenvalue weighted by atomic mass is 19.2. The van der Waals surface area contributed by atoms with E-state index in [1.165, 1.54) is 12.3 Å². The van der Waals surface area contributed by atoms with Crippen LogP contribution in [0.4, 0.5) is 20.2 Å². The number of aromatic nitrogens is 1. The number of anilines is 2. The van der Waals surface area contributed by atoms with E-state index in [0.29, 0.717) is 5.39 Å². The fourth-order valence-corrected chi connectivity index (χ4v) is 1.24. The molecule has 0 aliphatic rings. The van der Waals surface area contributed by atoms with E-state index >= 15 is 0 Å². The molecule has 1 heterocycles. The molecule has 3 nitrogen and oxygen atoms in total. The van der Waals surface area contributed by atoms with Gasteiger partial charge in [0.25, 0.3) is 0 Å². The minimum absolute atomic E-state index is 0.100. The molecule has 1 aromatic carbocycles. The maximum atomic E-state index is 13.2. The highest BCUT2D eigenvalue weighted by molar-refractivity contribution is 5.95. The summed E-state index contributed by atoms with van der Waals surface area (Å²) in [7, 11) is 0. The lowest BCUT2D eigenvalue weighted by Gasteiger charge is -2.05. The van der Waals surface area contributed by atoms with E-state index in [0.717, 1.165) is 6.07 Å². The Labute approximate surface area is 78.3 Å². The summed E-state index contributed by atoms with van der Waals surface area (Å²) in [5, 5.41) is 0.323. The lowest BCUT2D eigenvalue weighted by molar-refractivity contribution is 0.515. The summed E-state index contributed by atoms with van der Waals surface area (Å²) in [5.74, 6) is -1.96. The number of halogens is 2. The maximum absolute atomic E-state index is 13.2. The normalized spacial score (nSPS) is 10.7. The number of nitrogens with zero attached hydrogens (tertiary/aromatic N) is 1. The molecule has 0 spiro atoms. The molecule has 0 saturated carbocycles. The van der Waals surface area contributed by atoms with Gasteiger partial charge in [0, 0.05) is 5.39 Å². The summed E-state index contributed by atoms with van der Waals surface area (Å²) in [4.78, 5) is 3.68. The first kappa shape index (κ1) is 8.68. The number of nitrogen functional groups attached to an aromatic ring is 2. The van der Waals surface area contributed by atoms with Crippen molar-refractivity contribution in [1.29, 1.82) is 0 Å². The van der Waals surface area contributed by atoms with Gasteiger partial charge in [-0.3, -0.25) is 4.98 Å². The van der Waals surface area contributed by atoms with Crippen molar-refractivity contribution in [2.24, 2.45) is 0 Å². The second kappa shape index (κ2) is 2.80. The monoisotopic (exact) mass is 195 g/mol. The Morgan fingerprint density at radius 1 is 1.14 bits per heavy atom. The number of benzene rings is 1. The Morgan fingerprint density at radius 2 is 1.86 bits per heavy atom. The summed E-state index contributed by atoms with van der Waals surface area (Å²) in [5.41, 5.74) is 11.4. The minimum Gasteiger partial charge on any atom is -0.396 e. The molecule has 0 aliphatic heterocycles. The van der Waals surface area contributed by atoms with Crippen molar-refractivity contribution in [3.05, 3.63) is 30.0 Å². The van der Waals surface area contributed by atoms with Crippen LogP contribution in [0.5, 0.6) is 0 Å². The number of rotatable bonds is 0. The molecule has 2 aromatic rings. The Morgan fingerprint density at radius 3 is 2.57 bits per heavy atom. The highest BCUT2D eigenvalue weighted by Gasteiger charge is 2.11. The molecule has 0 fully saturated rings. The first-order valence-electron chi connectivity index (χ1n) is 3.89. The summed E-state index contributed by atoms with van der Waals surface area (Å²) in [6, 6.07) is 2.35. The van der Waals surface area contributed by atoms with Crippen molar-refractivity contribution in [2.75, 3.05) is 11.5 Å². The maximum Gasteiger partial charge on any atom is 0.185 e. The zero-order chi connectivity index (χ0) is 10.3. The topological polar surface area (TPSA) is 64.9 Å². The molecule has 2 rings (SSSR count). The summed E-state index contributed by atoms with van der Waals surface area (Å²) in [6.07, 6.45) is 1.21. The van der Waals surface area contributed by atoms with Gasteiger partial charge in [-0.2, -0.15) is 0 Å². The SMILES string of the molecule is Nc1cnc2c(F)c(F)ccc2c1N. The Bertz CT molecular complexity index is 464. The van der Waals surface area contributed by atoms with E-state index < -0.39 is 11.6 Å². The first-order chi connectivity index (χ1) is 6.61. The average molecular weight is 195 g/mol. The van der Waals surface area contributed by atoms with E-state index in [-0.39, 0.29) is 16.9 Å². The summed E-state index contributed by atoms with van der Waals surface area (Å²) < 4.78 is 26.0. The third-order valence-corrected chi connectivity index (χ3v) is 2.00. The molecule has 0 bridgehead atoms. The molecule has 0 saturated heterocycles. The van der Waals surface area contributed by atoms with Crippen LogP contribution in [0.25, 0.3) is 10.9 Å². The number of fused-ring (bicyclic) bond motifs is 1. The molecule has 0 amide bonds. The van der Waals surface area contributed by atoms with Crippen LogP contribution in [0.15, 0.2) is 18.3 Å².